The number of hydrogen-bond acceptors (Lipinski definition) is 3. The monoisotopic (exact) mass is 337 g/mol. The molecule has 2 amide bonds. The third-order valence-electron chi connectivity index (χ3n) is 4.85. The van der Waals surface area contributed by atoms with E-state index in [4.69, 9.17) is 0 Å². The molecule has 7 heteroatoms. The van der Waals surface area contributed by atoms with Crippen LogP contribution in [0.5, 0.6) is 0 Å². The molecule has 130 valence electrons. The Kier molecular flexibility index (Phi) is 4.69. The van der Waals surface area contributed by atoms with Gasteiger partial charge in [-0.1, -0.05) is 6.07 Å². The first-order valence-corrected chi connectivity index (χ1v) is 8.19. The number of carbonyl (C=O) groups is 2. The summed E-state index contributed by atoms with van der Waals surface area (Å²) in [5.74, 6) is -1.48. The summed E-state index contributed by atoms with van der Waals surface area (Å²) < 4.78 is 27.7. The van der Waals surface area contributed by atoms with Crippen LogP contribution in [0, 0.1) is 17.6 Å². The van der Waals surface area contributed by atoms with Crippen molar-refractivity contribution in [2.24, 2.45) is 5.92 Å². The van der Waals surface area contributed by atoms with E-state index in [0.29, 0.717) is 39.1 Å². The van der Waals surface area contributed by atoms with Crippen LogP contribution in [0.1, 0.15) is 12.8 Å². The lowest BCUT2D eigenvalue weighted by molar-refractivity contribution is -0.144. The first-order valence-electron chi connectivity index (χ1n) is 8.19. The maximum absolute atomic E-state index is 13.9. The SMILES string of the molecule is CN1CC[C@H](C(=O)N2CCN(c3c(F)cccc3F)CC2)CC1=O. The second-order valence-corrected chi connectivity index (χ2v) is 6.39. The van der Waals surface area contributed by atoms with Crippen LogP contribution in [0.3, 0.4) is 0 Å². The molecule has 0 N–H and O–H groups in total. The van der Waals surface area contributed by atoms with Crippen molar-refractivity contribution in [3.8, 4) is 0 Å². The number of para-hydroxylation sites is 1. The predicted octanol–water partition coefficient (Wildman–Crippen LogP) is 1.48. The van der Waals surface area contributed by atoms with Crippen LogP contribution < -0.4 is 4.90 Å². The number of rotatable bonds is 2. The van der Waals surface area contributed by atoms with E-state index < -0.39 is 11.6 Å². The van der Waals surface area contributed by atoms with Crippen molar-refractivity contribution in [2.45, 2.75) is 12.8 Å². The Morgan fingerprint density at radius 2 is 1.71 bits per heavy atom. The van der Waals surface area contributed by atoms with Crippen molar-refractivity contribution >= 4 is 17.5 Å². The molecule has 0 spiro atoms. The van der Waals surface area contributed by atoms with Gasteiger partial charge in [0, 0.05) is 52.1 Å². The lowest BCUT2D eigenvalue weighted by atomic mass is 9.94. The molecule has 0 aliphatic carbocycles. The highest BCUT2D eigenvalue weighted by Gasteiger charge is 2.33. The number of piperidine rings is 1. The molecule has 0 radical (unpaired) electrons. The minimum Gasteiger partial charge on any atom is -0.363 e. The lowest BCUT2D eigenvalue weighted by Gasteiger charge is -2.38. The van der Waals surface area contributed by atoms with Crippen LogP contribution in [0.2, 0.25) is 0 Å². The lowest BCUT2D eigenvalue weighted by Crippen LogP contribution is -2.52. The maximum atomic E-state index is 13.9. The summed E-state index contributed by atoms with van der Waals surface area (Å²) in [7, 11) is 1.74. The van der Waals surface area contributed by atoms with Crippen molar-refractivity contribution in [1.29, 1.82) is 0 Å². The van der Waals surface area contributed by atoms with Crippen molar-refractivity contribution in [2.75, 3.05) is 44.7 Å². The average Bonchev–Trinajstić information content (AvgIpc) is 2.57. The third-order valence-corrected chi connectivity index (χ3v) is 4.85. The zero-order chi connectivity index (χ0) is 17.3. The molecule has 0 unspecified atom stereocenters. The van der Waals surface area contributed by atoms with E-state index in [1.807, 2.05) is 0 Å². The molecule has 0 saturated carbocycles. The number of benzene rings is 1. The number of piperazine rings is 1. The van der Waals surface area contributed by atoms with E-state index in [0.717, 1.165) is 0 Å². The van der Waals surface area contributed by atoms with Gasteiger partial charge in [0.15, 0.2) is 0 Å². The average molecular weight is 337 g/mol. The number of nitrogens with zero attached hydrogens (tertiary/aromatic N) is 3. The van der Waals surface area contributed by atoms with Crippen LogP contribution in [-0.2, 0) is 9.59 Å². The van der Waals surface area contributed by atoms with Gasteiger partial charge in [0.05, 0.1) is 0 Å². The molecular formula is C17H21F2N3O2. The standard InChI is InChI=1S/C17H21F2N3O2/c1-20-6-5-12(11-15(20)23)17(24)22-9-7-21(8-10-22)16-13(18)3-2-4-14(16)19/h2-4,12H,5-11H2,1H3/t12-/m0/s1. The number of anilines is 1. The summed E-state index contributed by atoms with van der Waals surface area (Å²) in [4.78, 5) is 29.3. The fourth-order valence-corrected chi connectivity index (χ4v) is 3.35. The van der Waals surface area contributed by atoms with Gasteiger partial charge in [-0.25, -0.2) is 8.78 Å². The Bertz CT molecular complexity index is 624. The Hall–Kier alpha value is -2.18. The zero-order valence-corrected chi connectivity index (χ0v) is 13.7. The Morgan fingerprint density at radius 1 is 1.08 bits per heavy atom. The number of amides is 2. The molecule has 2 aliphatic heterocycles. The summed E-state index contributed by atoms with van der Waals surface area (Å²) in [6.07, 6.45) is 0.917. The molecule has 2 fully saturated rings. The fourth-order valence-electron chi connectivity index (χ4n) is 3.35. The Labute approximate surface area is 139 Å². The van der Waals surface area contributed by atoms with E-state index in [1.165, 1.54) is 18.2 Å². The largest absolute Gasteiger partial charge is 0.363 e. The minimum absolute atomic E-state index is 0.00772. The van der Waals surface area contributed by atoms with E-state index in [-0.39, 0.29) is 29.8 Å². The summed E-state index contributed by atoms with van der Waals surface area (Å²) in [5.41, 5.74) is -0.0286. The minimum atomic E-state index is -0.587. The van der Waals surface area contributed by atoms with E-state index >= 15 is 0 Å². The zero-order valence-electron chi connectivity index (χ0n) is 13.7. The molecule has 1 aromatic rings. The summed E-state index contributed by atoms with van der Waals surface area (Å²) in [6.45, 7) is 2.17. The smallest absolute Gasteiger partial charge is 0.226 e. The highest BCUT2D eigenvalue weighted by atomic mass is 19.1. The Morgan fingerprint density at radius 3 is 2.29 bits per heavy atom. The van der Waals surface area contributed by atoms with Gasteiger partial charge in [0.1, 0.15) is 17.3 Å². The van der Waals surface area contributed by atoms with Gasteiger partial charge >= 0.3 is 0 Å². The fraction of sp³-hybridized carbons (Fsp3) is 0.529. The molecule has 1 atom stereocenters. The molecule has 0 aromatic heterocycles. The van der Waals surface area contributed by atoms with Crippen LogP contribution in [0.15, 0.2) is 18.2 Å². The van der Waals surface area contributed by atoms with Gasteiger partial charge in [-0.15, -0.1) is 0 Å². The second-order valence-electron chi connectivity index (χ2n) is 6.39. The third kappa shape index (κ3) is 3.20. The van der Waals surface area contributed by atoms with Crippen molar-refractivity contribution < 1.29 is 18.4 Å². The molecule has 0 bridgehead atoms. The molecule has 2 heterocycles. The molecule has 2 saturated heterocycles. The molecule has 5 nitrogen and oxygen atoms in total. The number of carbonyl (C=O) groups excluding carboxylic acids is 2. The van der Waals surface area contributed by atoms with Gasteiger partial charge in [-0.3, -0.25) is 9.59 Å². The molecule has 24 heavy (non-hydrogen) atoms. The van der Waals surface area contributed by atoms with E-state index in [9.17, 15) is 18.4 Å². The molecular weight excluding hydrogens is 316 g/mol. The topological polar surface area (TPSA) is 43.9 Å². The highest BCUT2D eigenvalue weighted by Crippen LogP contribution is 2.25. The van der Waals surface area contributed by atoms with Crippen LogP contribution in [0.4, 0.5) is 14.5 Å². The summed E-state index contributed by atoms with van der Waals surface area (Å²) in [5, 5.41) is 0. The van der Waals surface area contributed by atoms with E-state index in [2.05, 4.69) is 0 Å². The first-order chi connectivity index (χ1) is 11.5. The number of likely N-dealkylation sites (tertiary alicyclic amines) is 1. The van der Waals surface area contributed by atoms with Gasteiger partial charge in [-0.2, -0.15) is 0 Å². The van der Waals surface area contributed by atoms with Gasteiger partial charge < -0.3 is 14.7 Å². The molecule has 2 aliphatic rings. The van der Waals surface area contributed by atoms with Crippen molar-refractivity contribution in [3.63, 3.8) is 0 Å². The summed E-state index contributed by atoms with van der Waals surface area (Å²) in [6, 6.07) is 3.81. The first kappa shape index (κ1) is 16.7. The van der Waals surface area contributed by atoms with Crippen LogP contribution >= 0.6 is 0 Å². The van der Waals surface area contributed by atoms with Gasteiger partial charge in [0.2, 0.25) is 11.8 Å². The normalized spacial score (nSPS) is 22.0. The number of hydrogen-bond donors (Lipinski definition) is 0. The quantitative estimate of drug-likeness (QED) is 0.821. The highest BCUT2D eigenvalue weighted by molar-refractivity contribution is 5.87. The maximum Gasteiger partial charge on any atom is 0.226 e. The number of halogens is 2. The van der Waals surface area contributed by atoms with Crippen molar-refractivity contribution in [1.82, 2.24) is 9.80 Å². The molecule has 3 rings (SSSR count). The van der Waals surface area contributed by atoms with Crippen LogP contribution in [-0.4, -0.2) is 61.4 Å². The predicted molar refractivity (Wildman–Crippen MR) is 85.5 cm³/mol. The van der Waals surface area contributed by atoms with Gasteiger partial charge in [0.25, 0.3) is 0 Å². The van der Waals surface area contributed by atoms with Crippen molar-refractivity contribution in [3.05, 3.63) is 29.8 Å². The summed E-state index contributed by atoms with van der Waals surface area (Å²) >= 11 is 0. The van der Waals surface area contributed by atoms with E-state index in [1.54, 1.807) is 21.7 Å². The second kappa shape index (κ2) is 6.75. The molecule has 1 aromatic carbocycles. The van der Waals surface area contributed by atoms with Crippen LogP contribution in [0.25, 0.3) is 0 Å². The van der Waals surface area contributed by atoms with Gasteiger partial charge in [-0.05, 0) is 18.6 Å². The Balaban J connectivity index is 1.61.